The van der Waals surface area contributed by atoms with Crippen LogP contribution in [0.15, 0.2) is 64.1 Å². The molecule has 4 aromatic rings. The van der Waals surface area contributed by atoms with Gasteiger partial charge in [0.25, 0.3) is 5.56 Å². The lowest BCUT2D eigenvalue weighted by Crippen LogP contribution is -2.33. The second kappa shape index (κ2) is 6.68. The first-order valence-corrected chi connectivity index (χ1v) is 8.38. The Labute approximate surface area is 153 Å². The van der Waals surface area contributed by atoms with Crippen LogP contribution in [-0.4, -0.2) is 27.4 Å². The van der Waals surface area contributed by atoms with E-state index in [-0.39, 0.29) is 30.4 Å². The van der Waals surface area contributed by atoms with Gasteiger partial charge in [-0.1, -0.05) is 30.3 Å². The van der Waals surface area contributed by atoms with Gasteiger partial charge in [-0.2, -0.15) is 0 Å². The molecule has 0 aliphatic rings. The number of rotatable bonds is 4. The summed E-state index contributed by atoms with van der Waals surface area (Å²) in [5.74, 6) is -0.711. The van der Waals surface area contributed by atoms with Crippen LogP contribution in [0, 0.1) is 5.82 Å². The van der Waals surface area contributed by atoms with Crippen LogP contribution in [0.2, 0.25) is 0 Å². The van der Waals surface area contributed by atoms with Crippen LogP contribution in [-0.2, 0) is 17.9 Å². The molecular weight excluding hydrogens is 349 g/mol. The lowest BCUT2D eigenvalue weighted by molar-refractivity contribution is -0.131. The Morgan fingerprint density at radius 3 is 2.74 bits per heavy atom. The molecule has 136 valence electrons. The average Bonchev–Trinajstić information content (AvgIpc) is 3.05. The molecule has 0 aliphatic carbocycles. The Kier molecular flexibility index (Phi) is 4.19. The molecule has 0 aliphatic heterocycles. The van der Waals surface area contributed by atoms with Gasteiger partial charge in [0.05, 0.1) is 6.33 Å². The van der Waals surface area contributed by atoms with Gasteiger partial charge in [0, 0.05) is 24.5 Å². The molecule has 0 unspecified atom stereocenters. The number of fused-ring (bicyclic) bond motifs is 3. The third-order valence-electron chi connectivity index (χ3n) is 4.45. The lowest BCUT2D eigenvalue weighted by Gasteiger charge is -2.18. The monoisotopic (exact) mass is 365 g/mol. The van der Waals surface area contributed by atoms with Gasteiger partial charge < -0.3 is 9.32 Å². The Bertz CT molecular complexity index is 1210. The number of nitrogens with zero attached hydrogens (tertiary/aromatic N) is 3. The molecule has 4 rings (SSSR count). The highest BCUT2D eigenvalue weighted by atomic mass is 19.1. The number of halogens is 1. The maximum absolute atomic E-state index is 13.8. The number of hydrogen-bond acceptors (Lipinski definition) is 4. The number of hydrogen-bond donors (Lipinski definition) is 0. The number of amides is 1. The minimum atomic E-state index is -0.427. The number of likely N-dealkylation sites (N-methyl/N-ethyl adjacent to an activating group) is 1. The smallest absolute Gasteiger partial charge is 0.297 e. The Morgan fingerprint density at radius 2 is 1.93 bits per heavy atom. The normalized spacial score (nSPS) is 11.2. The summed E-state index contributed by atoms with van der Waals surface area (Å²) in [7, 11) is 1.56. The first kappa shape index (κ1) is 17.0. The first-order chi connectivity index (χ1) is 13.0. The highest BCUT2D eigenvalue weighted by Gasteiger charge is 2.17. The summed E-state index contributed by atoms with van der Waals surface area (Å²) >= 11 is 0. The first-order valence-electron chi connectivity index (χ1n) is 8.38. The molecule has 2 aromatic heterocycles. The minimum absolute atomic E-state index is 0.112. The van der Waals surface area contributed by atoms with Crippen molar-refractivity contribution in [3.8, 4) is 0 Å². The standard InChI is InChI=1S/C20H16FN3O3/c1-23(10-13-6-2-4-8-15(13)21)17(25)11-24-12-22-18-14-7-3-5-9-16(14)27-19(18)20(24)26/h2-9,12H,10-11H2,1H3. The van der Waals surface area contributed by atoms with Gasteiger partial charge >= 0.3 is 0 Å². The second-order valence-corrected chi connectivity index (χ2v) is 6.29. The second-order valence-electron chi connectivity index (χ2n) is 6.29. The van der Waals surface area contributed by atoms with E-state index in [1.165, 1.54) is 21.9 Å². The van der Waals surface area contributed by atoms with Crippen LogP contribution in [0.25, 0.3) is 22.1 Å². The van der Waals surface area contributed by atoms with E-state index in [0.29, 0.717) is 16.7 Å². The van der Waals surface area contributed by atoms with E-state index >= 15 is 0 Å². The lowest BCUT2D eigenvalue weighted by atomic mass is 10.2. The molecule has 0 saturated carbocycles. The average molecular weight is 365 g/mol. The summed E-state index contributed by atoms with van der Waals surface area (Å²) in [6.07, 6.45) is 1.33. The topological polar surface area (TPSA) is 68.3 Å². The van der Waals surface area contributed by atoms with Crippen LogP contribution in [0.4, 0.5) is 4.39 Å². The summed E-state index contributed by atoms with van der Waals surface area (Å²) in [6.45, 7) is -0.0929. The van der Waals surface area contributed by atoms with Crippen molar-refractivity contribution < 1.29 is 13.6 Å². The zero-order chi connectivity index (χ0) is 19.0. The molecule has 7 heteroatoms. The predicted octanol–water partition coefficient (Wildman–Crippen LogP) is 2.94. The third-order valence-corrected chi connectivity index (χ3v) is 4.45. The zero-order valence-electron chi connectivity index (χ0n) is 14.6. The maximum atomic E-state index is 13.8. The van der Waals surface area contributed by atoms with E-state index < -0.39 is 5.56 Å². The molecule has 6 nitrogen and oxygen atoms in total. The Balaban J connectivity index is 1.60. The molecule has 0 atom stereocenters. The fraction of sp³-hybridized carbons (Fsp3) is 0.150. The number of benzene rings is 2. The number of carbonyl (C=O) groups excluding carboxylic acids is 1. The molecule has 0 N–H and O–H groups in total. The van der Waals surface area contributed by atoms with Crippen molar-refractivity contribution in [3.63, 3.8) is 0 Å². The van der Waals surface area contributed by atoms with Gasteiger partial charge in [-0.05, 0) is 18.2 Å². The van der Waals surface area contributed by atoms with E-state index in [2.05, 4.69) is 4.98 Å². The fourth-order valence-electron chi connectivity index (χ4n) is 2.96. The molecule has 1 amide bonds. The van der Waals surface area contributed by atoms with Gasteiger partial charge in [-0.15, -0.1) is 0 Å². The number of furan rings is 1. The summed E-state index contributed by atoms with van der Waals surface area (Å²) in [5, 5.41) is 0.750. The van der Waals surface area contributed by atoms with Crippen LogP contribution in [0.1, 0.15) is 5.56 Å². The molecule has 2 heterocycles. The van der Waals surface area contributed by atoms with Crippen LogP contribution >= 0.6 is 0 Å². The Hall–Kier alpha value is -3.48. The molecule has 27 heavy (non-hydrogen) atoms. The molecule has 0 radical (unpaired) electrons. The van der Waals surface area contributed by atoms with Crippen molar-refractivity contribution in [2.75, 3.05) is 7.05 Å². The maximum Gasteiger partial charge on any atom is 0.297 e. The summed E-state index contributed by atoms with van der Waals surface area (Å²) in [4.78, 5) is 30.8. The molecule has 0 spiro atoms. The number of aromatic nitrogens is 2. The molecular formula is C20H16FN3O3. The number of para-hydroxylation sites is 1. The van der Waals surface area contributed by atoms with Gasteiger partial charge in [0.15, 0.2) is 0 Å². The van der Waals surface area contributed by atoms with Crippen molar-refractivity contribution in [1.29, 1.82) is 0 Å². The summed E-state index contributed by atoms with van der Waals surface area (Å²) in [5.41, 5.74) is 1.13. The van der Waals surface area contributed by atoms with Crippen LogP contribution in [0.3, 0.4) is 0 Å². The molecule has 0 saturated heterocycles. The van der Waals surface area contributed by atoms with Gasteiger partial charge in [0.1, 0.15) is 23.5 Å². The van der Waals surface area contributed by atoms with E-state index in [0.717, 1.165) is 5.39 Å². The van der Waals surface area contributed by atoms with E-state index in [9.17, 15) is 14.0 Å². The largest absolute Gasteiger partial charge is 0.448 e. The van der Waals surface area contributed by atoms with Gasteiger partial charge in [-0.3, -0.25) is 14.2 Å². The summed E-state index contributed by atoms with van der Waals surface area (Å²) in [6, 6.07) is 13.5. The van der Waals surface area contributed by atoms with Crippen molar-refractivity contribution in [2.45, 2.75) is 13.1 Å². The Morgan fingerprint density at radius 1 is 1.19 bits per heavy atom. The third kappa shape index (κ3) is 3.08. The number of carbonyl (C=O) groups is 1. The van der Waals surface area contributed by atoms with Gasteiger partial charge in [0.2, 0.25) is 11.5 Å². The van der Waals surface area contributed by atoms with Crippen molar-refractivity contribution in [1.82, 2.24) is 14.5 Å². The minimum Gasteiger partial charge on any atom is -0.448 e. The van der Waals surface area contributed by atoms with Crippen LogP contribution < -0.4 is 5.56 Å². The van der Waals surface area contributed by atoms with Crippen molar-refractivity contribution >= 4 is 28.0 Å². The van der Waals surface area contributed by atoms with Crippen LogP contribution in [0.5, 0.6) is 0 Å². The SMILES string of the molecule is CN(Cc1ccccc1F)C(=O)Cn1cnc2c(oc3ccccc32)c1=O. The van der Waals surface area contributed by atoms with Crippen molar-refractivity contribution in [3.05, 3.63) is 76.6 Å². The van der Waals surface area contributed by atoms with E-state index in [1.54, 1.807) is 31.3 Å². The molecule has 0 bridgehead atoms. The zero-order valence-corrected chi connectivity index (χ0v) is 14.6. The highest BCUT2D eigenvalue weighted by Crippen LogP contribution is 2.24. The van der Waals surface area contributed by atoms with E-state index in [4.69, 9.17) is 4.42 Å². The molecule has 2 aromatic carbocycles. The summed E-state index contributed by atoms with van der Waals surface area (Å²) < 4.78 is 20.6. The quantitative estimate of drug-likeness (QED) is 0.558. The highest BCUT2D eigenvalue weighted by molar-refractivity contribution is 6.01. The van der Waals surface area contributed by atoms with Crippen molar-refractivity contribution in [2.24, 2.45) is 0 Å². The van der Waals surface area contributed by atoms with E-state index in [1.807, 2.05) is 18.2 Å². The van der Waals surface area contributed by atoms with Gasteiger partial charge in [-0.25, -0.2) is 9.37 Å². The molecule has 0 fully saturated rings. The fourth-order valence-corrected chi connectivity index (χ4v) is 2.96. The predicted molar refractivity (Wildman–Crippen MR) is 98.6 cm³/mol.